The summed E-state index contributed by atoms with van der Waals surface area (Å²) in [7, 11) is 0. The van der Waals surface area contributed by atoms with E-state index in [-0.39, 0.29) is 18.0 Å². The lowest BCUT2D eigenvalue weighted by Crippen LogP contribution is -2.42. The first-order chi connectivity index (χ1) is 13.4. The number of aryl methyl sites for hydroxylation is 2. The molecule has 3 heterocycles. The van der Waals surface area contributed by atoms with E-state index >= 15 is 0 Å². The van der Waals surface area contributed by atoms with E-state index in [4.69, 9.17) is 0 Å². The third-order valence-corrected chi connectivity index (χ3v) is 5.32. The number of piperidine rings is 1. The minimum absolute atomic E-state index is 0.0171. The summed E-state index contributed by atoms with van der Waals surface area (Å²) in [5.74, 6) is 0.475. The molecule has 0 bridgehead atoms. The van der Waals surface area contributed by atoms with Gasteiger partial charge in [0.15, 0.2) is 5.65 Å². The maximum atomic E-state index is 12.9. The summed E-state index contributed by atoms with van der Waals surface area (Å²) < 4.78 is 3.06. The van der Waals surface area contributed by atoms with Crippen LogP contribution in [-0.4, -0.2) is 43.2 Å². The summed E-state index contributed by atoms with van der Waals surface area (Å²) in [5.41, 5.74) is 3.38. The summed E-state index contributed by atoms with van der Waals surface area (Å²) >= 11 is 0. The molecule has 146 valence electrons. The van der Waals surface area contributed by atoms with Crippen molar-refractivity contribution in [3.8, 4) is 5.69 Å². The second-order valence-corrected chi connectivity index (χ2v) is 7.90. The van der Waals surface area contributed by atoms with Crippen LogP contribution in [0.4, 0.5) is 0 Å². The molecule has 1 atom stereocenters. The third kappa shape index (κ3) is 3.44. The van der Waals surface area contributed by atoms with Gasteiger partial charge in [0.05, 0.1) is 11.9 Å². The maximum absolute atomic E-state index is 12.9. The fourth-order valence-electron chi connectivity index (χ4n) is 3.98. The first kappa shape index (κ1) is 18.4. The highest BCUT2D eigenvalue weighted by atomic mass is 16.2. The Labute approximate surface area is 163 Å². The Bertz CT molecular complexity index is 1080. The monoisotopic (exact) mass is 379 g/mol. The molecule has 28 heavy (non-hydrogen) atoms. The average molecular weight is 379 g/mol. The van der Waals surface area contributed by atoms with Crippen LogP contribution in [0.2, 0.25) is 0 Å². The molecule has 2 aromatic heterocycles. The Morgan fingerprint density at radius 3 is 2.68 bits per heavy atom. The number of nitrogens with zero attached hydrogens (tertiary/aromatic N) is 5. The van der Waals surface area contributed by atoms with Crippen molar-refractivity contribution in [1.82, 2.24) is 24.2 Å². The van der Waals surface area contributed by atoms with Crippen molar-refractivity contribution < 1.29 is 4.79 Å². The van der Waals surface area contributed by atoms with Crippen LogP contribution in [0.25, 0.3) is 16.7 Å². The van der Waals surface area contributed by atoms with E-state index in [9.17, 15) is 9.59 Å². The highest BCUT2D eigenvalue weighted by Gasteiger charge is 2.22. The second kappa shape index (κ2) is 7.22. The smallest absolute Gasteiger partial charge is 0.264 e. The fraction of sp³-hybridized carbons (Fsp3) is 0.429. The van der Waals surface area contributed by atoms with Crippen molar-refractivity contribution in [2.75, 3.05) is 13.1 Å². The van der Waals surface area contributed by atoms with Crippen LogP contribution in [0.5, 0.6) is 0 Å². The zero-order valence-electron chi connectivity index (χ0n) is 16.6. The van der Waals surface area contributed by atoms with Crippen LogP contribution < -0.4 is 5.56 Å². The number of carbonyl (C=O) groups is 1. The third-order valence-electron chi connectivity index (χ3n) is 5.32. The number of benzene rings is 1. The van der Waals surface area contributed by atoms with Crippen LogP contribution in [0, 0.1) is 19.8 Å². The Kier molecular flexibility index (Phi) is 4.75. The minimum Gasteiger partial charge on any atom is -0.341 e. The lowest BCUT2D eigenvalue weighted by Gasteiger charge is -2.31. The largest absolute Gasteiger partial charge is 0.341 e. The molecular formula is C21H25N5O2. The molecule has 1 aliphatic rings. The first-order valence-electron chi connectivity index (χ1n) is 9.72. The standard InChI is InChI=1S/C21H25N5O2/c1-14-5-4-6-24(11-14)19(27)12-25-13-22-20-18(21(25)28)10-23-26(20)17-8-15(2)7-16(3)9-17/h7-10,13-14H,4-6,11-12H2,1-3H3. The molecule has 1 saturated heterocycles. The zero-order chi connectivity index (χ0) is 19.8. The van der Waals surface area contributed by atoms with Gasteiger partial charge in [0.25, 0.3) is 5.56 Å². The van der Waals surface area contributed by atoms with Gasteiger partial charge in [-0.25, -0.2) is 9.67 Å². The molecule has 0 N–H and O–H groups in total. The number of hydrogen-bond acceptors (Lipinski definition) is 4. The topological polar surface area (TPSA) is 73.0 Å². The maximum Gasteiger partial charge on any atom is 0.264 e. The van der Waals surface area contributed by atoms with E-state index in [0.717, 1.165) is 42.7 Å². The molecule has 4 rings (SSSR count). The minimum atomic E-state index is -0.237. The van der Waals surface area contributed by atoms with Crippen molar-refractivity contribution in [3.63, 3.8) is 0 Å². The van der Waals surface area contributed by atoms with Gasteiger partial charge in [0.1, 0.15) is 18.3 Å². The van der Waals surface area contributed by atoms with Crippen molar-refractivity contribution in [1.29, 1.82) is 0 Å². The number of fused-ring (bicyclic) bond motifs is 1. The SMILES string of the molecule is Cc1cc(C)cc(-n2ncc3c(=O)n(CC(=O)N4CCCC(C)C4)cnc32)c1. The van der Waals surface area contributed by atoms with Gasteiger partial charge in [-0.1, -0.05) is 13.0 Å². The van der Waals surface area contributed by atoms with E-state index < -0.39 is 0 Å². The van der Waals surface area contributed by atoms with E-state index in [1.807, 2.05) is 30.9 Å². The Hall–Kier alpha value is -2.96. The van der Waals surface area contributed by atoms with Gasteiger partial charge >= 0.3 is 0 Å². The molecular weight excluding hydrogens is 354 g/mol. The molecule has 1 amide bonds. The highest BCUT2D eigenvalue weighted by molar-refractivity contribution is 5.78. The van der Waals surface area contributed by atoms with Gasteiger partial charge in [-0.3, -0.25) is 14.2 Å². The molecule has 1 aliphatic heterocycles. The Morgan fingerprint density at radius 1 is 1.21 bits per heavy atom. The number of amides is 1. The van der Waals surface area contributed by atoms with Crippen molar-refractivity contribution in [2.45, 2.75) is 40.2 Å². The molecule has 1 fully saturated rings. The predicted octanol–water partition coefficient (Wildman–Crippen LogP) is 2.46. The van der Waals surface area contributed by atoms with Crippen molar-refractivity contribution >= 4 is 16.9 Å². The van der Waals surface area contributed by atoms with Gasteiger partial charge in [-0.2, -0.15) is 5.10 Å². The summed E-state index contributed by atoms with van der Waals surface area (Å²) in [4.78, 5) is 31.8. The molecule has 7 nitrogen and oxygen atoms in total. The van der Waals surface area contributed by atoms with Crippen LogP contribution in [0.3, 0.4) is 0 Å². The van der Waals surface area contributed by atoms with Crippen LogP contribution in [-0.2, 0) is 11.3 Å². The summed E-state index contributed by atoms with van der Waals surface area (Å²) in [6, 6.07) is 6.10. The van der Waals surface area contributed by atoms with Gasteiger partial charge < -0.3 is 4.90 Å². The van der Waals surface area contributed by atoms with E-state index in [1.54, 1.807) is 4.68 Å². The molecule has 3 aromatic rings. The van der Waals surface area contributed by atoms with Crippen molar-refractivity contribution in [3.05, 3.63) is 52.2 Å². The van der Waals surface area contributed by atoms with Gasteiger partial charge in [0, 0.05) is 13.1 Å². The average Bonchev–Trinajstić information content (AvgIpc) is 3.08. The number of likely N-dealkylation sites (tertiary alicyclic amines) is 1. The summed E-state index contributed by atoms with van der Waals surface area (Å²) in [5, 5.41) is 4.79. The second-order valence-electron chi connectivity index (χ2n) is 7.90. The van der Waals surface area contributed by atoms with Crippen LogP contribution >= 0.6 is 0 Å². The van der Waals surface area contributed by atoms with Crippen molar-refractivity contribution in [2.24, 2.45) is 5.92 Å². The predicted molar refractivity (Wildman–Crippen MR) is 108 cm³/mol. The Balaban J connectivity index is 1.65. The highest BCUT2D eigenvalue weighted by Crippen LogP contribution is 2.18. The molecule has 0 aliphatic carbocycles. The van der Waals surface area contributed by atoms with Crippen LogP contribution in [0.1, 0.15) is 30.9 Å². The first-order valence-corrected chi connectivity index (χ1v) is 9.72. The van der Waals surface area contributed by atoms with Gasteiger partial charge in [0.2, 0.25) is 5.91 Å². The lowest BCUT2D eigenvalue weighted by atomic mass is 10.0. The summed E-state index contributed by atoms with van der Waals surface area (Å²) in [6.07, 6.45) is 5.15. The molecule has 7 heteroatoms. The number of aromatic nitrogens is 4. The fourth-order valence-corrected chi connectivity index (χ4v) is 3.98. The number of rotatable bonds is 3. The summed E-state index contributed by atoms with van der Waals surface area (Å²) in [6.45, 7) is 7.74. The lowest BCUT2D eigenvalue weighted by molar-refractivity contribution is -0.133. The number of hydrogen-bond donors (Lipinski definition) is 0. The zero-order valence-corrected chi connectivity index (χ0v) is 16.6. The normalized spacial score (nSPS) is 17.2. The van der Waals surface area contributed by atoms with E-state index in [0.29, 0.717) is 17.0 Å². The van der Waals surface area contributed by atoms with Gasteiger partial charge in [-0.15, -0.1) is 0 Å². The molecule has 0 radical (unpaired) electrons. The van der Waals surface area contributed by atoms with E-state index in [2.05, 4.69) is 23.1 Å². The molecule has 0 spiro atoms. The quantitative estimate of drug-likeness (QED) is 0.701. The molecule has 1 aromatic carbocycles. The molecule has 0 saturated carbocycles. The van der Waals surface area contributed by atoms with E-state index in [1.165, 1.54) is 17.1 Å². The number of carbonyl (C=O) groups excluding carboxylic acids is 1. The van der Waals surface area contributed by atoms with Crippen LogP contribution in [0.15, 0.2) is 35.5 Å². The van der Waals surface area contributed by atoms with Gasteiger partial charge in [-0.05, 0) is 55.9 Å². The molecule has 1 unspecified atom stereocenters. The Morgan fingerprint density at radius 2 is 1.96 bits per heavy atom.